The van der Waals surface area contributed by atoms with Gasteiger partial charge in [0.15, 0.2) is 0 Å². The Morgan fingerprint density at radius 1 is 1.06 bits per heavy atom. The number of nitrogens with two attached hydrogens (primary N) is 1. The number of hydrazine groups is 1. The summed E-state index contributed by atoms with van der Waals surface area (Å²) in [7, 11) is 0. The number of carbonyl (C=O) groups is 2. The first-order chi connectivity index (χ1) is 8.61. The Bertz CT molecular complexity index is 404. The van der Waals surface area contributed by atoms with Crippen LogP contribution in [0.15, 0.2) is 24.3 Å². The van der Waals surface area contributed by atoms with E-state index in [1.165, 1.54) is 12.1 Å². The molecule has 0 aliphatic rings. The summed E-state index contributed by atoms with van der Waals surface area (Å²) in [4.78, 5) is 22.3. The van der Waals surface area contributed by atoms with Gasteiger partial charge in [-0.1, -0.05) is 0 Å². The Morgan fingerprint density at radius 2 is 1.61 bits per heavy atom. The summed E-state index contributed by atoms with van der Waals surface area (Å²) in [6.07, 6.45) is 1.91. The first-order valence-electron chi connectivity index (χ1n) is 5.70. The molecule has 0 spiro atoms. The summed E-state index contributed by atoms with van der Waals surface area (Å²) in [5.74, 6) is 4.74. The van der Waals surface area contributed by atoms with E-state index >= 15 is 0 Å². The third-order valence-corrected chi connectivity index (χ3v) is 2.37. The van der Waals surface area contributed by atoms with Gasteiger partial charge < -0.3 is 10.4 Å². The van der Waals surface area contributed by atoms with Gasteiger partial charge in [-0.15, -0.1) is 0 Å². The molecule has 2 amide bonds. The van der Waals surface area contributed by atoms with Crippen molar-refractivity contribution in [2.45, 2.75) is 25.7 Å². The Hall–Kier alpha value is -2.08. The van der Waals surface area contributed by atoms with Gasteiger partial charge in [-0.05, 0) is 37.1 Å². The van der Waals surface area contributed by atoms with E-state index in [1.807, 2.05) is 5.43 Å². The normalized spacial score (nSPS) is 9.83. The molecule has 0 saturated carbocycles. The fourth-order valence-corrected chi connectivity index (χ4v) is 1.41. The van der Waals surface area contributed by atoms with Crippen LogP contribution >= 0.6 is 0 Å². The number of nitrogens with one attached hydrogen (secondary N) is 2. The highest BCUT2D eigenvalue weighted by Gasteiger charge is 2.03. The number of benzene rings is 1. The molecule has 0 saturated heterocycles. The SMILES string of the molecule is NNC(=O)CCCCC(=O)Nc1ccc(O)cc1. The number of amides is 2. The average molecular weight is 251 g/mol. The Balaban J connectivity index is 2.21. The Morgan fingerprint density at radius 3 is 2.17 bits per heavy atom. The number of phenols is 1. The maximum atomic E-state index is 11.5. The number of aromatic hydroxyl groups is 1. The molecule has 5 N–H and O–H groups in total. The van der Waals surface area contributed by atoms with Crippen LogP contribution in [0, 0.1) is 0 Å². The van der Waals surface area contributed by atoms with Crippen LogP contribution in [0.2, 0.25) is 0 Å². The molecule has 1 rings (SSSR count). The van der Waals surface area contributed by atoms with Crippen LogP contribution < -0.4 is 16.6 Å². The van der Waals surface area contributed by atoms with Gasteiger partial charge in [-0.25, -0.2) is 5.84 Å². The van der Waals surface area contributed by atoms with Crippen molar-refractivity contribution in [1.82, 2.24) is 5.43 Å². The van der Waals surface area contributed by atoms with Gasteiger partial charge in [0, 0.05) is 18.5 Å². The molecule has 0 aromatic heterocycles. The Labute approximate surface area is 105 Å². The number of carbonyl (C=O) groups excluding carboxylic acids is 2. The van der Waals surface area contributed by atoms with Crippen LogP contribution in [0.3, 0.4) is 0 Å². The quantitative estimate of drug-likeness (QED) is 0.198. The van der Waals surface area contributed by atoms with Crippen molar-refractivity contribution in [3.8, 4) is 5.75 Å². The van der Waals surface area contributed by atoms with E-state index in [0.717, 1.165) is 0 Å². The second-order valence-corrected chi connectivity index (χ2v) is 3.87. The van der Waals surface area contributed by atoms with Gasteiger partial charge >= 0.3 is 0 Å². The molecular weight excluding hydrogens is 234 g/mol. The first kappa shape index (κ1) is 14.0. The molecule has 0 aliphatic carbocycles. The molecule has 6 heteroatoms. The molecule has 0 heterocycles. The second kappa shape index (κ2) is 7.29. The van der Waals surface area contributed by atoms with Crippen molar-refractivity contribution < 1.29 is 14.7 Å². The van der Waals surface area contributed by atoms with Crippen LogP contribution in [0.25, 0.3) is 0 Å². The van der Waals surface area contributed by atoms with Crippen LogP contribution in [-0.2, 0) is 9.59 Å². The molecule has 0 fully saturated rings. The summed E-state index contributed by atoms with van der Waals surface area (Å²) in [6, 6.07) is 6.24. The summed E-state index contributed by atoms with van der Waals surface area (Å²) < 4.78 is 0. The number of phenolic OH excluding ortho intramolecular Hbond substituents is 1. The highest BCUT2D eigenvalue weighted by atomic mass is 16.3. The topological polar surface area (TPSA) is 104 Å². The van der Waals surface area contributed by atoms with Gasteiger partial charge in [-0.2, -0.15) is 0 Å². The lowest BCUT2D eigenvalue weighted by molar-refractivity contribution is -0.121. The van der Waals surface area contributed by atoms with Crippen molar-refractivity contribution in [3.05, 3.63) is 24.3 Å². The minimum absolute atomic E-state index is 0.117. The van der Waals surface area contributed by atoms with E-state index in [0.29, 0.717) is 31.4 Å². The lowest BCUT2D eigenvalue weighted by Gasteiger charge is -2.05. The van der Waals surface area contributed by atoms with Crippen molar-refractivity contribution >= 4 is 17.5 Å². The van der Waals surface area contributed by atoms with Gasteiger partial charge in [0.2, 0.25) is 11.8 Å². The lowest BCUT2D eigenvalue weighted by Crippen LogP contribution is -2.29. The van der Waals surface area contributed by atoms with Crippen LogP contribution in [0.1, 0.15) is 25.7 Å². The zero-order chi connectivity index (χ0) is 13.4. The zero-order valence-corrected chi connectivity index (χ0v) is 9.98. The smallest absolute Gasteiger partial charge is 0.233 e. The largest absolute Gasteiger partial charge is 0.508 e. The molecule has 6 nitrogen and oxygen atoms in total. The fourth-order valence-electron chi connectivity index (χ4n) is 1.41. The van der Waals surface area contributed by atoms with Crippen LogP contribution in [0.4, 0.5) is 5.69 Å². The van der Waals surface area contributed by atoms with Gasteiger partial charge in [-0.3, -0.25) is 15.0 Å². The highest BCUT2D eigenvalue weighted by Crippen LogP contribution is 2.14. The third-order valence-electron chi connectivity index (χ3n) is 2.37. The molecule has 0 unspecified atom stereocenters. The summed E-state index contributed by atoms with van der Waals surface area (Å²) in [5, 5.41) is 11.8. The number of anilines is 1. The van der Waals surface area contributed by atoms with E-state index in [2.05, 4.69) is 5.32 Å². The minimum Gasteiger partial charge on any atom is -0.508 e. The van der Waals surface area contributed by atoms with E-state index in [9.17, 15) is 9.59 Å². The van der Waals surface area contributed by atoms with Gasteiger partial charge in [0.05, 0.1) is 0 Å². The number of unbranched alkanes of at least 4 members (excludes halogenated alkanes) is 1. The van der Waals surface area contributed by atoms with Gasteiger partial charge in [0.1, 0.15) is 5.75 Å². The Kier molecular flexibility index (Phi) is 5.66. The van der Waals surface area contributed by atoms with Crippen molar-refractivity contribution in [2.24, 2.45) is 5.84 Å². The monoisotopic (exact) mass is 251 g/mol. The molecule has 98 valence electrons. The second-order valence-electron chi connectivity index (χ2n) is 3.87. The van der Waals surface area contributed by atoms with Crippen LogP contribution in [0.5, 0.6) is 5.75 Å². The van der Waals surface area contributed by atoms with Crippen molar-refractivity contribution in [2.75, 3.05) is 5.32 Å². The predicted octanol–water partition coefficient (Wildman–Crippen LogP) is 0.881. The number of rotatable bonds is 6. The molecule has 0 bridgehead atoms. The van der Waals surface area contributed by atoms with E-state index in [4.69, 9.17) is 10.9 Å². The highest BCUT2D eigenvalue weighted by molar-refractivity contribution is 5.90. The van der Waals surface area contributed by atoms with Gasteiger partial charge in [0.25, 0.3) is 0 Å². The molecule has 1 aromatic rings. The van der Waals surface area contributed by atoms with Crippen molar-refractivity contribution in [3.63, 3.8) is 0 Å². The zero-order valence-electron chi connectivity index (χ0n) is 9.98. The number of hydrogen-bond donors (Lipinski definition) is 4. The van der Waals surface area contributed by atoms with E-state index < -0.39 is 0 Å². The maximum Gasteiger partial charge on any atom is 0.233 e. The van der Waals surface area contributed by atoms with Crippen LogP contribution in [-0.4, -0.2) is 16.9 Å². The molecular formula is C12H17N3O3. The van der Waals surface area contributed by atoms with E-state index in [-0.39, 0.29) is 17.6 Å². The molecule has 1 aromatic carbocycles. The standard InChI is InChI=1S/C12H17N3O3/c13-15-12(18)4-2-1-3-11(17)14-9-5-7-10(16)8-6-9/h5-8,16H,1-4,13H2,(H,14,17)(H,15,18). The predicted molar refractivity (Wildman–Crippen MR) is 67.5 cm³/mol. The molecule has 0 atom stereocenters. The third kappa shape index (κ3) is 5.31. The molecule has 18 heavy (non-hydrogen) atoms. The first-order valence-corrected chi connectivity index (χ1v) is 5.70. The average Bonchev–Trinajstić information content (AvgIpc) is 2.37. The van der Waals surface area contributed by atoms with Crippen molar-refractivity contribution in [1.29, 1.82) is 0 Å². The number of hydrogen-bond acceptors (Lipinski definition) is 4. The molecule has 0 radical (unpaired) electrons. The molecule has 0 aliphatic heterocycles. The van der Waals surface area contributed by atoms with E-state index in [1.54, 1.807) is 12.1 Å². The summed E-state index contributed by atoms with van der Waals surface area (Å²) >= 11 is 0. The minimum atomic E-state index is -0.228. The lowest BCUT2D eigenvalue weighted by atomic mass is 10.2. The fraction of sp³-hybridized carbons (Fsp3) is 0.333. The summed E-state index contributed by atoms with van der Waals surface area (Å²) in [5.41, 5.74) is 2.67. The maximum absolute atomic E-state index is 11.5. The summed E-state index contributed by atoms with van der Waals surface area (Å²) in [6.45, 7) is 0.